The minimum absolute atomic E-state index is 0.137. The Morgan fingerprint density at radius 3 is 2.76 bits per heavy atom. The van der Waals surface area contributed by atoms with Crippen molar-refractivity contribution in [2.75, 3.05) is 20.8 Å². The van der Waals surface area contributed by atoms with Gasteiger partial charge in [-0.3, -0.25) is 0 Å². The molecule has 0 saturated carbocycles. The van der Waals surface area contributed by atoms with Crippen LogP contribution in [-0.2, 0) is 22.6 Å². The molecule has 0 bridgehead atoms. The summed E-state index contributed by atoms with van der Waals surface area (Å²) in [6.07, 6.45) is 1.44. The van der Waals surface area contributed by atoms with E-state index in [9.17, 15) is 4.79 Å². The monoisotopic (exact) mass is 243 g/mol. The van der Waals surface area contributed by atoms with E-state index in [1.807, 2.05) is 0 Å². The smallest absolute Gasteiger partial charge is 0.360 e. The minimum Gasteiger partial charge on any atom is -0.464 e. The Labute approximate surface area is 99.3 Å². The van der Waals surface area contributed by atoms with Crippen LogP contribution in [0.25, 0.3) is 0 Å². The van der Waals surface area contributed by atoms with Gasteiger partial charge in [0.1, 0.15) is 0 Å². The van der Waals surface area contributed by atoms with E-state index in [-0.39, 0.29) is 18.9 Å². The molecule has 1 aromatic heterocycles. The predicted octanol–water partition coefficient (Wildman–Crippen LogP) is -0.0164. The van der Waals surface area contributed by atoms with Crippen molar-refractivity contribution in [2.45, 2.75) is 26.0 Å². The van der Waals surface area contributed by atoms with E-state index in [2.05, 4.69) is 15.0 Å². The van der Waals surface area contributed by atoms with Crippen LogP contribution in [0, 0.1) is 0 Å². The zero-order valence-electron chi connectivity index (χ0n) is 10.0. The number of methoxy groups -OCH3 is 2. The summed E-state index contributed by atoms with van der Waals surface area (Å²) in [5, 5.41) is 16.4. The molecule has 0 aliphatic heterocycles. The molecule has 17 heavy (non-hydrogen) atoms. The van der Waals surface area contributed by atoms with Gasteiger partial charge in [-0.25, -0.2) is 9.48 Å². The molecule has 1 N–H and O–H groups in total. The van der Waals surface area contributed by atoms with E-state index >= 15 is 0 Å². The number of aryl methyl sites for hydroxylation is 1. The average molecular weight is 243 g/mol. The van der Waals surface area contributed by atoms with Gasteiger partial charge in [0.05, 0.1) is 19.4 Å². The summed E-state index contributed by atoms with van der Waals surface area (Å²) in [4.78, 5) is 11.4. The van der Waals surface area contributed by atoms with Crippen molar-refractivity contribution in [1.82, 2.24) is 15.0 Å². The van der Waals surface area contributed by atoms with Gasteiger partial charge >= 0.3 is 5.97 Å². The summed E-state index contributed by atoms with van der Waals surface area (Å²) in [6.45, 7) is 0.970. The van der Waals surface area contributed by atoms with Crippen LogP contribution in [0.5, 0.6) is 0 Å². The number of aliphatic hydroxyl groups is 1. The van der Waals surface area contributed by atoms with Crippen LogP contribution >= 0.6 is 0 Å². The summed E-state index contributed by atoms with van der Waals surface area (Å²) in [6, 6.07) is 0. The third-order valence-corrected chi connectivity index (χ3v) is 2.28. The standard InChI is InChI=1S/C10H17N3O4/c1-16-7-8-9(10(15)17-2)11-12-13(8)5-3-4-6-14/h14H,3-7H2,1-2H3. The molecule has 0 atom stereocenters. The maximum absolute atomic E-state index is 11.4. The number of aliphatic hydroxyl groups excluding tert-OH is 1. The normalized spacial score (nSPS) is 10.5. The highest BCUT2D eigenvalue weighted by atomic mass is 16.5. The van der Waals surface area contributed by atoms with Gasteiger partial charge in [-0.2, -0.15) is 0 Å². The molecule has 1 aromatic rings. The van der Waals surface area contributed by atoms with E-state index < -0.39 is 5.97 Å². The molecule has 0 aromatic carbocycles. The molecule has 0 saturated heterocycles. The fourth-order valence-electron chi connectivity index (χ4n) is 1.42. The average Bonchev–Trinajstić information content (AvgIpc) is 2.73. The van der Waals surface area contributed by atoms with Crippen LogP contribution in [0.3, 0.4) is 0 Å². The van der Waals surface area contributed by atoms with Crippen molar-refractivity contribution in [3.8, 4) is 0 Å². The molecule has 7 nitrogen and oxygen atoms in total. The molecule has 1 heterocycles. The zero-order valence-corrected chi connectivity index (χ0v) is 10.0. The van der Waals surface area contributed by atoms with Gasteiger partial charge in [0.15, 0.2) is 5.69 Å². The van der Waals surface area contributed by atoms with Crippen LogP contribution in [-0.4, -0.2) is 46.9 Å². The number of nitrogens with zero attached hydrogens (tertiary/aromatic N) is 3. The summed E-state index contributed by atoms with van der Waals surface area (Å²) in [5.41, 5.74) is 0.774. The predicted molar refractivity (Wildman–Crippen MR) is 58.4 cm³/mol. The number of carbonyl (C=O) groups is 1. The molecule has 0 amide bonds. The summed E-state index contributed by atoms with van der Waals surface area (Å²) in [5.74, 6) is -0.523. The maximum Gasteiger partial charge on any atom is 0.360 e. The number of hydrogen-bond donors (Lipinski definition) is 1. The van der Waals surface area contributed by atoms with Crippen LogP contribution < -0.4 is 0 Å². The van der Waals surface area contributed by atoms with E-state index in [0.717, 1.165) is 6.42 Å². The summed E-state index contributed by atoms with van der Waals surface area (Å²) < 4.78 is 11.2. The molecule has 0 radical (unpaired) electrons. The number of esters is 1. The number of ether oxygens (including phenoxy) is 2. The van der Waals surface area contributed by atoms with Crippen molar-refractivity contribution >= 4 is 5.97 Å². The lowest BCUT2D eigenvalue weighted by molar-refractivity contribution is 0.0588. The van der Waals surface area contributed by atoms with E-state index in [1.165, 1.54) is 14.2 Å². The Hall–Kier alpha value is -1.47. The third-order valence-electron chi connectivity index (χ3n) is 2.28. The van der Waals surface area contributed by atoms with Gasteiger partial charge < -0.3 is 14.6 Å². The highest BCUT2D eigenvalue weighted by Crippen LogP contribution is 2.09. The van der Waals surface area contributed by atoms with Crippen LogP contribution in [0.1, 0.15) is 29.0 Å². The molecule has 7 heteroatoms. The first-order valence-corrected chi connectivity index (χ1v) is 5.35. The number of carbonyl (C=O) groups excluding carboxylic acids is 1. The van der Waals surface area contributed by atoms with Gasteiger partial charge in [-0.15, -0.1) is 5.10 Å². The number of hydrogen-bond acceptors (Lipinski definition) is 6. The molecule has 0 spiro atoms. The first kappa shape index (κ1) is 13.6. The van der Waals surface area contributed by atoms with Gasteiger partial charge in [0, 0.05) is 20.3 Å². The lowest BCUT2D eigenvalue weighted by Crippen LogP contribution is -2.11. The lowest BCUT2D eigenvalue weighted by Gasteiger charge is -2.05. The maximum atomic E-state index is 11.4. The first-order chi connectivity index (χ1) is 8.24. The SMILES string of the molecule is COCc1c(C(=O)OC)nnn1CCCCO. The van der Waals surface area contributed by atoms with Crippen molar-refractivity contribution < 1.29 is 19.4 Å². The quantitative estimate of drug-likeness (QED) is 0.535. The van der Waals surface area contributed by atoms with Crippen LogP contribution in [0.2, 0.25) is 0 Å². The number of unbranched alkanes of at least 4 members (excludes halogenated alkanes) is 1. The van der Waals surface area contributed by atoms with Gasteiger partial charge in [0.2, 0.25) is 0 Å². The minimum atomic E-state index is -0.523. The first-order valence-electron chi connectivity index (χ1n) is 5.35. The Kier molecular flexibility index (Phi) is 5.58. The van der Waals surface area contributed by atoms with E-state index in [1.54, 1.807) is 4.68 Å². The Morgan fingerprint density at radius 1 is 1.41 bits per heavy atom. The topological polar surface area (TPSA) is 86.5 Å². The van der Waals surface area contributed by atoms with Gasteiger partial charge in [0.25, 0.3) is 0 Å². The second-order valence-electron chi connectivity index (χ2n) is 3.46. The summed E-state index contributed by atoms with van der Waals surface area (Å²) in [7, 11) is 2.83. The molecule has 96 valence electrons. The molecule has 1 rings (SSSR count). The molecule has 0 aliphatic carbocycles. The molecular formula is C10H17N3O4. The van der Waals surface area contributed by atoms with Crippen molar-refractivity contribution in [3.63, 3.8) is 0 Å². The molecule has 0 aliphatic rings. The highest BCUT2D eigenvalue weighted by molar-refractivity contribution is 5.88. The van der Waals surface area contributed by atoms with Crippen molar-refractivity contribution in [1.29, 1.82) is 0 Å². The van der Waals surface area contributed by atoms with Crippen molar-refractivity contribution in [3.05, 3.63) is 11.4 Å². The van der Waals surface area contributed by atoms with E-state index in [4.69, 9.17) is 9.84 Å². The highest BCUT2D eigenvalue weighted by Gasteiger charge is 2.19. The number of aromatic nitrogens is 3. The fraction of sp³-hybridized carbons (Fsp3) is 0.700. The Morgan fingerprint density at radius 2 is 2.18 bits per heavy atom. The van der Waals surface area contributed by atoms with Crippen LogP contribution in [0.15, 0.2) is 0 Å². The summed E-state index contributed by atoms with van der Waals surface area (Å²) >= 11 is 0. The van der Waals surface area contributed by atoms with Gasteiger partial charge in [-0.1, -0.05) is 5.21 Å². The fourth-order valence-corrected chi connectivity index (χ4v) is 1.42. The van der Waals surface area contributed by atoms with Crippen molar-refractivity contribution in [2.24, 2.45) is 0 Å². The Bertz CT molecular complexity index is 364. The second kappa shape index (κ2) is 6.97. The van der Waals surface area contributed by atoms with Crippen LogP contribution in [0.4, 0.5) is 0 Å². The lowest BCUT2D eigenvalue weighted by atomic mass is 10.3. The zero-order chi connectivity index (χ0) is 12.7. The third kappa shape index (κ3) is 3.50. The Balaban J connectivity index is 2.82. The second-order valence-corrected chi connectivity index (χ2v) is 3.46. The van der Waals surface area contributed by atoms with E-state index in [0.29, 0.717) is 18.7 Å². The molecule has 0 unspecified atom stereocenters. The van der Waals surface area contributed by atoms with Gasteiger partial charge in [-0.05, 0) is 12.8 Å². The number of rotatable bonds is 7. The molecule has 0 fully saturated rings. The molecular weight excluding hydrogens is 226 g/mol. The largest absolute Gasteiger partial charge is 0.464 e.